The Balaban J connectivity index is 2.95. The molecule has 0 saturated heterocycles. The molecule has 1 heterocycles. The normalized spacial score (nSPS) is 12.6. The van der Waals surface area contributed by atoms with Crippen molar-refractivity contribution in [3.05, 3.63) is 16.1 Å². The minimum absolute atomic E-state index is 0.376. The quantitative estimate of drug-likeness (QED) is 0.876. The lowest BCUT2D eigenvalue weighted by atomic mass is 10.1. The SMILES string of the molecule is CC(C)(CO)NC(=O)c1scnc1C(F)(F)F. The maximum atomic E-state index is 12.5. The second-order valence-electron chi connectivity index (χ2n) is 4.02. The van der Waals surface area contributed by atoms with Gasteiger partial charge in [-0.1, -0.05) is 0 Å². The first-order valence-corrected chi connectivity index (χ1v) is 5.49. The summed E-state index contributed by atoms with van der Waals surface area (Å²) in [7, 11) is 0. The predicted molar refractivity (Wildman–Crippen MR) is 55.7 cm³/mol. The van der Waals surface area contributed by atoms with E-state index in [-0.39, 0.29) is 6.61 Å². The molecule has 96 valence electrons. The molecule has 17 heavy (non-hydrogen) atoms. The second-order valence-corrected chi connectivity index (χ2v) is 4.88. The molecule has 0 unspecified atom stereocenters. The van der Waals surface area contributed by atoms with Crippen molar-refractivity contribution in [3.8, 4) is 0 Å². The maximum Gasteiger partial charge on any atom is 0.434 e. The van der Waals surface area contributed by atoms with Crippen LogP contribution in [-0.2, 0) is 6.18 Å². The van der Waals surface area contributed by atoms with E-state index in [4.69, 9.17) is 5.11 Å². The molecule has 0 fully saturated rings. The summed E-state index contributed by atoms with van der Waals surface area (Å²) in [5.41, 5.74) is -1.22. The monoisotopic (exact) mass is 268 g/mol. The molecule has 2 N–H and O–H groups in total. The molecule has 8 heteroatoms. The van der Waals surface area contributed by atoms with Gasteiger partial charge < -0.3 is 10.4 Å². The topological polar surface area (TPSA) is 62.2 Å². The average molecular weight is 268 g/mol. The Labute approximate surface area is 99.5 Å². The first kappa shape index (κ1) is 13.9. The lowest BCUT2D eigenvalue weighted by molar-refractivity contribution is -0.141. The van der Waals surface area contributed by atoms with Crippen molar-refractivity contribution < 1.29 is 23.1 Å². The van der Waals surface area contributed by atoms with Gasteiger partial charge in [0.2, 0.25) is 0 Å². The molecule has 1 amide bonds. The number of halogens is 3. The Bertz CT molecular complexity index is 415. The zero-order valence-electron chi connectivity index (χ0n) is 9.13. The van der Waals surface area contributed by atoms with Crippen LogP contribution in [0.4, 0.5) is 13.2 Å². The highest BCUT2D eigenvalue weighted by Crippen LogP contribution is 2.32. The van der Waals surface area contributed by atoms with Gasteiger partial charge in [-0.2, -0.15) is 13.2 Å². The van der Waals surface area contributed by atoms with Crippen molar-refractivity contribution in [2.75, 3.05) is 6.61 Å². The van der Waals surface area contributed by atoms with Crippen LogP contribution in [0.25, 0.3) is 0 Å². The molecule has 0 aliphatic rings. The molecule has 1 aromatic heterocycles. The summed E-state index contributed by atoms with van der Waals surface area (Å²) in [5.74, 6) is -0.890. The molecule has 0 bridgehead atoms. The van der Waals surface area contributed by atoms with Gasteiger partial charge >= 0.3 is 6.18 Å². The first-order valence-electron chi connectivity index (χ1n) is 4.61. The predicted octanol–water partition coefficient (Wildman–Crippen LogP) is 1.66. The molecule has 0 atom stereocenters. The van der Waals surface area contributed by atoms with Gasteiger partial charge in [0.05, 0.1) is 17.7 Å². The Morgan fingerprint density at radius 3 is 2.59 bits per heavy atom. The zero-order valence-corrected chi connectivity index (χ0v) is 9.95. The highest BCUT2D eigenvalue weighted by atomic mass is 32.1. The van der Waals surface area contributed by atoms with E-state index in [1.54, 1.807) is 0 Å². The van der Waals surface area contributed by atoms with E-state index in [1.807, 2.05) is 0 Å². The highest BCUT2D eigenvalue weighted by molar-refractivity contribution is 7.11. The fourth-order valence-electron chi connectivity index (χ4n) is 1.01. The lowest BCUT2D eigenvalue weighted by Crippen LogP contribution is -2.46. The summed E-state index contributed by atoms with van der Waals surface area (Å²) in [6.45, 7) is 2.62. The van der Waals surface area contributed by atoms with Gasteiger partial charge in [0.15, 0.2) is 5.69 Å². The number of nitrogens with one attached hydrogen (secondary N) is 1. The third-order valence-corrected chi connectivity index (χ3v) is 2.71. The van der Waals surface area contributed by atoms with Crippen LogP contribution in [0.1, 0.15) is 29.2 Å². The van der Waals surface area contributed by atoms with E-state index in [0.717, 1.165) is 5.51 Å². The summed E-state index contributed by atoms with van der Waals surface area (Å²) < 4.78 is 37.4. The minimum Gasteiger partial charge on any atom is -0.394 e. The van der Waals surface area contributed by atoms with E-state index < -0.39 is 28.2 Å². The summed E-state index contributed by atoms with van der Waals surface area (Å²) in [6, 6.07) is 0. The number of aliphatic hydroxyl groups excluding tert-OH is 1. The number of nitrogens with zero attached hydrogens (tertiary/aromatic N) is 1. The van der Waals surface area contributed by atoms with Crippen LogP contribution in [0.15, 0.2) is 5.51 Å². The molecule has 1 aromatic rings. The van der Waals surface area contributed by atoms with Crippen LogP contribution in [0.5, 0.6) is 0 Å². The molecular formula is C9H11F3N2O2S. The van der Waals surface area contributed by atoms with Gasteiger partial charge in [0.25, 0.3) is 5.91 Å². The Morgan fingerprint density at radius 2 is 2.12 bits per heavy atom. The number of thiazole rings is 1. The number of amides is 1. The molecule has 1 rings (SSSR count). The van der Waals surface area contributed by atoms with Gasteiger partial charge in [-0.15, -0.1) is 11.3 Å². The number of carbonyl (C=O) groups is 1. The number of rotatable bonds is 3. The third kappa shape index (κ3) is 3.40. The average Bonchev–Trinajstić information content (AvgIpc) is 2.64. The van der Waals surface area contributed by atoms with Crippen molar-refractivity contribution >= 4 is 17.2 Å². The van der Waals surface area contributed by atoms with Crippen LogP contribution in [0, 0.1) is 0 Å². The van der Waals surface area contributed by atoms with E-state index >= 15 is 0 Å². The molecule has 0 aromatic carbocycles. The van der Waals surface area contributed by atoms with Crippen LogP contribution in [-0.4, -0.2) is 28.1 Å². The van der Waals surface area contributed by atoms with E-state index in [2.05, 4.69) is 10.3 Å². The van der Waals surface area contributed by atoms with Crippen molar-refractivity contribution in [1.82, 2.24) is 10.3 Å². The van der Waals surface area contributed by atoms with Gasteiger partial charge in [-0.25, -0.2) is 4.98 Å². The zero-order chi connectivity index (χ0) is 13.3. The fourth-order valence-corrected chi connectivity index (χ4v) is 1.71. The van der Waals surface area contributed by atoms with Gasteiger partial charge in [0.1, 0.15) is 4.88 Å². The first-order chi connectivity index (χ1) is 7.67. The van der Waals surface area contributed by atoms with Crippen molar-refractivity contribution in [2.24, 2.45) is 0 Å². The van der Waals surface area contributed by atoms with Crippen molar-refractivity contribution in [2.45, 2.75) is 25.6 Å². The third-order valence-electron chi connectivity index (χ3n) is 1.89. The summed E-state index contributed by atoms with van der Waals surface area (Å²) in [6.07, 6.45) is -4.66. The van der Waals surface area contributed by atoms with Gasteiger partial charge in [-0.3, -0.25) is 4.79 Å². The maximum absolute atomic E-state index is 12.5. The second kappa shape index (κ2) is 4.61. The molecule has 4 nitrogen and oxygen atoms in total. The molecule has 0 saturated carbocycles. The van der Waals surface area contributed by atoms with Gasteiger partial charge in [-0.05, 0) is 13.8 Å². The highest BCUT2D eigenvalue weighted by Gasteiger charge is 2.39. The number of aliphatic hydroxyl groups is 1. The lowest BCUT2D eigenvalue weighted by Gasteiger charge is -2.23. The van der Waals surface area contributed by atoms with E-state index in [0.29, 0.717) is 11.3 Å². The van der Waals surface area contributed by atoms with E-state index in [1.165, 1.54) is 13.8 Å². The largest absolute Gasteiger partial charge is 0.434 e. The Hall–Kier alpha value is -1.15. The minimum atomic E-state index is -4.66. The molecule has 0 radical (unpaired) electrons. The number of aromatic nitrogens is 1. The molecule has 0 aliphatic carbocycles. The van der Waals surface area contributed by atoms with Gasteiger partial charge in [0, 0.05) is 0 Å². The smallest absolute Gasteiger partial charge is 0.394 e. The number of hydrogen-bond donors (Lipinski definition) is 2. The fraction of sp³-hybridized carbons (Fsp3) is 0.556. The molecule has 0 spiro atoms. The number of alkyl halides is 3. The number of carbonyl (C=O) groups excluding carboxylic acids is 1. The van der Waals surface area contributed by atoms with Crippen molar-refractivity contribution in [1.29, 1.82) is 0 Å². The Morgan fingerprint density at radius 1 is 1.53 bits per heavy atom. The Kier molecular flexibility index (Phi) is 3.78. The summed E-state index contributed by atoms with van der Waals surface area (Å²) in [4.78, 5) is 14.2. The van der Waals surface area contributed by atoms with Crippen LogP contribution in [0.3, 0.4) is 0 Å². The molecule has 0 aliphatic heterocycles. The van der Waals surface area contributed by atoms with Crippen LogP contribution >= 0.6 is 11.3 Å². The molecular weight excluding hydrogens is 257 g/mol. The van der Waals surface area contributed by atoms with Crippen molar-refractivity contribution in [3.63, 3.8) is 0 Å². The number of hydrogen-bond acceptors (Lipinski definition) is 4. The van der Waals surface area contributed by atoms with Crippen LogP contribution in [0.2, 0.25) is 0 Å². The van der Waals surface area contributed by atoms with E-state index in [9.17, 15) is 18.0 Å². The van der Waals surface area contributed by atoms with Crippen LogP contribution < -0.4 is 5.32 Å². The summed E-state index contributed by atoms with van der Waals surface area (Å²) in [5, 5.41) is 11.2. The standard InChI is InChI=1S/C9H11F3N2O2S/c1-8(2,3-15)14-7(16)5-6(9(10,11)12)13-4-17-5/h4,15H,3H2,1-2H3,(H,14,16). The summed E-state index contributed by atoms with van der Waals surface area (Å²) >= 11 is 0.611.